The third-order valence-electron chi connectivity index (χ3n) is 2.85. The quantitative estimate of drug-likeness (QED) is 0.808. The monoisotopic (exact) mass is 209 g/mol. The van der Waals surface area contributed by atoms with Gasteiger partial charge in [-0.1, -0.05) is 13.0 Å². The molecule has 1 aliphatic heterocycles. The van der Waals surface area contributed by atoms with Gasteiger partial charge in [0, 0.05) is 0 Å². The van der Waals surface area contributed by atoms with Gasteiger partial charge in [0.2, 0.25) is 0 Å². The molecule has 2 atom stereocenters. The molecule has 0 aliphatic carbocycles. The molecule has 2 nitrogen and oxygen atoms in total. The Balaban J connectivity index is 2.47. The van der Waals surface area contributed by atoms with Gasteiger partial charge in [0.15, 0.2) is 0 Å². The van der Waals surface area contributed by atoms with Crippen LogP contribution in [0.25, 0.3) is 0 Å². The summed E-state index contributed by atoms with van der Waals surface area (Å²) in [5.74, 6) is 0.541. The summed E-state index contributed by atoms with van der Waals surface area (Å²) in [6, 6.07) is 3.25. The van der Waals surface area contributed by atoms with Crippen LogP contribution in [0.15, 0.2) is 12.1 Å². The first-order valence-electron chi connectivity index (χ1n) is 5.34. The van der Waals surface area contributed by atoms with Crippen LogP contribution >= 0.6 is 0 Å². The second-order valence-corrected chi connectivity index (χ2v) is 3.97. The van der Waals surface area contributed by atoms with Crippen LogP contribution in [0.5, 0.6) is 5.75 Å². The lowest BCUT2D eigenvalue weighted by molar-refractivity contribution is 0.209. The van der Waals surface area contributed by atoms with E-state index < -0.39 is 0 Å². The molecule has 0 aromatic heterocycles. The minimum absolute atomic E-state index is 0.00412. The highest BCUT2D eigenvalue weighted by Crippen LogP contribution is 2.40. The number of halogens is 1. The fraction of sp³-hybridized carbons (Fsp3) is 0.500. The second kappa shape index (κ2) is 3.81. The highest BCUT2D eigenvalue weighted by molar-refractivity contribution is 5.47. The molecule has 1 N–H and O–H groups in total. The first kappa shape index (κ1) is 10.4. The summed E-state index contributed by atoms with van der Waals surface area (Å²) in [6.07, 6.45) is -0.00412. The van der Waals surface area contributed by atoms with Crippen molar-refractivity contribution in [2.45, 2.75) is 32.9 Å². The lowest BCUT2D eigenvalue weighted by atomic mass is 10.0. The van der Waals surface area contributed by atoms with Crippen LogP contribution in [-0.2, 0) is 0 Å². The minimum Gasteiger partial charge on any atom is -0.488 e. The topological polar surface area (TPSA) is 21.3 Å². The van der Waals surface area contributed by atoms with Crippen molar-refractivity contribution in [3.63, 3.8) is 0 Å². The zero-order chi connectivity index (χ0) is 11.0. The summed E-state index contributed by atoms with van der Waals surface area (Å²) in [4.78, 5) is 0. The Morgan fingerprint density at radius 1 is 1.47 bits per heavy atom. The van der Waals surface area contributed by atoms with Crippen LogP contribution in [0.3, 0.4) is 0 Å². The van der Waals surface area contributed by atoms with E-state index in [-0.39, 0.29) is 18.0 Å². The van der Waals surface area contributed by atoms with Gasteiger partial charge < -0.3 is 10.1 Å². The molecule has 2 unspecified atom stereocenters. The van der Waals surface area contributed by atoms with E-state index in [4.69, 9.17) is 4.74 Å². The predicted molar refractivity (Wildman–Crippen MR) is 57.6 cm³/mol. The largest absolute Gasteiger partial charge is 0.488 e. The second-order valence-electron chi connectivity index (χ2n) is 3.97. The minimum atomic E-state index is -0.175. The van der Waals surface area contributed by atoms with Gasteiger partial charge >= 0.3 is 0 Å². The first-order chi connectivity index (χ1) is 7.15. The molecule has 0 fully saturated rings. The Labute approximate surface area is 89.4 Å². The molecule has 3 heteroatoms. The van der Waals surface area contributed by atoms with E-state index in [0.29, 0.717) is 11.3 Å². The summed E-state index contributed by atoms with van der Waals surface area (Å²) in [6.45, 7) is 6.73. The van der Waals surface area contributed by atoms with Crippen molar-refractivity contribution >= 4 is 0 Å². The zero-order valence-corrected chi connectivity index (χ0v) is 9.30. The van der Waals surface area contributed by atoms with Gasteiger partial charge in [-0.2, -0.15) is 0 Å². The fourth-order valence-corrected chi connectivity index (χ4v) is 2.11. The summed E-state index contributed by atoms with van der Waals surface area (Å²) in [7, 11) is 0. The Morgan fingerprint density at radius 3 is 2.87 bits per heavy atom. The van der Waals surface area contributed by atoms with Crippen LogP contribution in [0, 0.1) is 12.7 Å². The summed E-state index contributed by atoms with van der Waals surface area (Å²) in [5, 5.41) is 3.25. The van der Waals surface area contributed by atoms with E-state index >= 15 is 0 Å². The van der Waals surface area contributed by atoms with Gasteiger partial charge in [0.25, 0.3) is 0 Å². The van der Waals surface area contributed by atoms with Gasteiger partial charge in [-0.15, -0.1) is 0 Å². The maximum Gasteiger partial charge on any atom is 0.131 e. The molecule has 0 radical (unpaired) electrons. The van der Waals surface area contributed by atoms with E-state index in [1.54, 1.807) is 6.07 Å². The molecule has 15 heavy (non-hydrogen) atoms. The van der Waals surface area contributed by atoms with Crippen molar-refractivity contribution in [1.29, 1.82) is 0 Å². The average Bonchev–Trinajstić information content (AvgIpc) is 2.53. The highest BCUT2D eigenvalue weighted by Gasteiger charge is 2.34. The molecule has 0 saturated heterocycles. The van der Waals surface area contributed by atoms with Crippen LogP contribution in [0.2, 0.25) is 0 Å². The number of likely N-dealkylation sites (N-methyl/N-ethyl adjacent to an activating group) is 1. The maximum atomic E-state index is 13.7. The smallest absolute Gasteiger partial charge is 0.131 e. The molecule has 0 saturated carbocycles. The number of benzene rings is 1. The number of hydrogen-bond acceptors (Lipinski definition) is 2. The van der Waals surface area contributed by atoms with Crippen molar-refractivity contribution in [2.75, 3.05) is 6.54 Å². The Bertz CT molecular complexity index is 378. The molecule has 0 spiro atoms. The number of ether oxygens (including phenoxy) is 1. The Hall–Kier alpha value is -1.09. The number of rotatable bonds is 2. The SMILES string of the molecule is CCNC1c2c(F)ccc(C)c2OC1C. The normalized spacial score (nSPS) is 23.7. The third kappa shape index (κ3) is 1.61. The van der Waals surface area contributed by atoms with Crippen LogP contribution in [0.1, 0.15) is 31.0 Å². The maximum absolute atomic E-state index is 13.7. The van der Waals surface area contributed by atoms with Crippen LogP contribution in [0.4, 0.5) is 4.39 Å². The van der Waals surface area contributed by atoms with Crippen molar-refractivity contribution in [3.8, 4) is 5.75 Å². The molecular weight excluding hydrogens is 193 g/mol. The zero-order valence-electron chi connectivity index (χ0n) is 9.30. The lowest BCUT2D eigenvalue weighted by Gasteiger charge is -2.15. The highest BCUT2D eigenvalue weighted by atomic mass is 19.1. The number of fused-ring (bicyclic) bond motifs is 1. The average molecular weight is 209 g/mol. The van der Waals surface area contributed by atoms with E-state index in [1.165, 1.54) is 6.07 Å². The first-order valence-corrected chi connectivity index (χ1v) is 5.34. The molecule has 1 aromatic carbocycles. The van der Waals surface area contributed by atoms with Gasteiger partial charge in [0.05, 0.1) is 11.6 Å². The number of aryl methyl sites for hydroxylation is 1. The van der Waals surface area contributed by atoms with Gasteiger partial charge in [-0.05, 0) is 32.0 Å². The molecule has 1 aromatic rings. The standard InChI is InChI=1S/C12H16FNO/c1-4-14-11-8(3)15-12-7(2)5-6-9(13)10(11)12/h5-6,8,11,14H,4H2,1-3H3. The van der Waals surface area contributed by atoms with E-state index in [9.17, 15) is 4.39 Å². The summed E-state index contributed by atoms with van der Waals surface area (Å²) >= 11 is 0. The Morgan fingerprint density at radius 2 is 2.20 bits per heavy atom. The van der Waals surface area contributed by atoms with Crippen molar-refractivity contribution in [1.82, 2.24) is 5.32 Å². The summed E-state index contributed by atoms with van der Waals surface area (Å²) in [5.41, 5.74) is 1.68. The fourth-order valence-electron chi connectivity index (χ4n) is 2.11. The van der Waals surface area contributed by atoms with E-state index in [2.05, 4.69) is 5.32 Å². The van der Waals surface area contributed by atoms with E-state index in [1.807, 2.05) is 20.8 Å². The molecule has 1 aliphatic rings. The van der Waals surface area contributed by atoms with Gasteiger partial charge in [-0.25, -0.2) is 4.39 Å². The molecule has 2 rings (SSSR count). The van der Waals surface area contributed by atoms with Crippen molar-refractivity contribution in [3.05, 3.63) is 29.1 Å². The van der Waals surface area contributed by atoms with Gasteiger partial charge in [-0.3, -0.25) is 0 Å². The lowest BCUT2D eigenvalue weighted by Crippen LogP contribution is -2.28. The van der Waals surface area contributed by atoms with Crippen molar-refractivity contribution in [2.24, 2.45) is 0 Å². The Kier molecular flexibility index (Phi) is 2.65. The molecular formula is C12H16FNO. The van der Waals surface area contributed by atoms with Crippen LogP contribution < -0.4 is 10.1 Å². The molecule has 82 valence electrons. The van der Waals surface area contributed by atoms with E-state index in [0.717, 1.165) is 12.1 Å². The molecule has 1 heterocycles. The third-order valence-corrected chi connectivity index (χ3v) is 2.85. The predicted octanol–water partition coefficient (Wildman–Crippen LogP) is 2.57. The number of hydrogen-bond donors (Lipinski definition) is 1. The molecule has 0 amide bonds. The summed E-state index contributed by atoms with van der Waals surface area (Å²) < 4.78 is 19.4. The van der Waals surface area contributed by atoms with Crippen LogP contribution in [-0.4, -0.2) is 12.6 Å². The number of nitrogens with one attached hydrogen (secondary N) is 1. The van der Waals surface area contributed by atoms with Gasteiger partial charge in [0.1, 0.15) is 17.7 Å². The van der Waals surface area contributed by atoms with Crippen molar-refractivity contribution < 1.29 is 9.13 Å². The molecule has 0 bridgehead atoms.